The summed E-state index contributed by atoms with van der Waals surface area (Å²) in [5, 5.41) is 20.4. The molecule has 3 atom stereocenters. The molecular formula is C31H35NO4. The van der Waals surface area contributed by atoms with E-state index < -0.39 is 0 Å². The lowest BCUT2D eigenvalue weighted by Crippen LogP contribution is -2.35. The molecule has 2 aliphatic heterocycles. The van der Waals surface area contributed by atoms with Crippen molar-refractivity contribution in [3.05, 3.63) is 82.9 Å². The second kappa shape index (κ2) is 9.90. The van der Waals surface area contributed by atoms with Crippen LogP contribution in [0, 0.1) is 12.8 Å². The van der Waals surface area contributed by atoms with Gasteiger partial charge in [-0.15, -0.1) is 0 Å². The van der Waals surface area contributed by atoms with Gasteiger partial charge in [0.2, 0.25) is 0 Å². The Balaban J connectivity index is 1.43. The highest BCUT2D eigenvalue weighted by Crippen LogP contribution is 2.49. The number of likely N-dealkylation sites (tertiary alicyclic amines) is 1. The minimum Gasteiger partial charge on any atom is -0.508 e. The van der Waals surface area contributed by atoms with E-state index in [1.165, 1.54) is 6.42 Å². The lowest BCUT2D eigenvalue weighted by atomic mass is 9.85. The average Bonchev–Trinajstić information content (AvgIpc) is 3.29. The third-order valence-corrected chi connectivity index (χ3v) is 7.48. The van der Waals surface area contributed by atoms with Crippen LogP contribution in [0.2, 0.25) is 0 Å². The Morgan fingerprint density at radius 3 is 2.50 bits per heavy atom. The Morgan fingerprint density at radius 1 is 1.03 bits per heavy atom. The van der Waals surface area contributed by atoms with Crippen LogP contribution >= 0.6 is 0 Å². The number of rotatable bonds is 6. The third kappa shape index (κ3) is 4.80. The number of allylic oxidation sites excluding steroid dienone is 1. The Morgan fingerprint density at radius 2 is 1.81 bits per heavy atom. The molecule has 3 aromatic rings. The molecular weight excluding hydrogens is 450 g/mol. The average molecular weight is 486 g/mol. The lowest BCUT2D eigenvalue weighted by molar-refractivity contribution is 0.169. The van der Waals surface area contributed by atoms with Crippen molar-refractivity contribution in [2.45, 2.75) is 46.3 Å². The van der Waals surface area contributed by atoms with Crippen molar-refractivity contribution < 1.29 is 19.7 Å². The second-order valence-electron chi connectivity index (χ2n) is 10.3. The fourth-order valence-electron chi connectivity index (χ4n) is 5.41. The van der Waals surface area contributed by atoms with Gasteiger partial charge in [-0.1, -0.05) is 31.2 Å². The van der Waals surface area contributed by atoms with Gasteiger partial charge in [0, 0.05) is 23.7 Å². The van der Waals surface area contributed by atoms with Crippen LogP contribution < -0.4 is 9.47 Å². The minimum atomic E-state index is -0.360. The first-order chi connectivity index (χ1) is 17.3. The van der Waals surface area contributed by atoms with Crippen LogP contribution in [0.15, 0.2) is 60.7 Å². The van der Waals surface area contributed by atoms with E-state index in [0.29, 0.717) is 12.6 Å². The highest BCUT2D eigenvalue weighted by atomic mass is 16.5. The van der Waals surface area contributed by atoms with Gasteiger partial charge in [0.15, 0.2) is 0 Å². The molecule has 0 saturated carbocycles. The van der Waals surface area contributed by atoms with Crippen molar-refractivity contribution >= 4 is 11.1 Å². The molecule has 3 aromatic carbocycles. The summed E-state index contributed by atoms with van der Waals surface area (Å²) in [4.78, 5) is 2.50. The van der Waals surface area contributed by atoms with Crippen LogP contribution in [0.1, 0.15) is 55.5 Å². The molecule has 5 rings (SSSR count). The van der Waals surface area contributed by atoms with Crippen molar-refractivity contribution in [2.75, 3.05) is 19.7 Å². The quantitative estimate of drug-likeness (QED) is 0.413. The number of nitrogens with zero attached hydrogens (tertiary/aromatic N) is 1. The van der Waals surface area contributed by atoms with E-state index in [-0.39, 0.29) is 17.6 Å². The summed E-state index contributed by atoms with van der Waals surface area (Å²) in [6, 6.07) is 19.2. The first kappa shape index (κ1) is 24.3. The van der Waals surface area contributed by atoms with Gasteiger partial charge < -0.3 is 19.7 Å². The molecule has 2 aliphatic rings. The summed E-state index contributed by atoms with van der Waals surface area (Å²) in [5.74, 6) is 2.79. The van der Waals surface area contributed by atoms with Gasteiger partial charge in [-0.2, -0.15) is 0 Å². The van der Waals surface area contributed by atoms with Gasteiger partial charge in [-0.25, -0.2) is 0 Å². The van der Waals surface area contributed by atoms with Crippen molar-refractivity contribution in [1.29, 1.82) is 0 Å². The number of benzene rings is 3. The summed E-state index contributed by atoms with van der Waals surface area (Å²) >= 11 is 0. The largest absolute Gasteiger partial charge is 0.508 e. The third-order valence-electron chi connectivity index (χ3n) is 7.48. The number of fused-ring (bicyclic) bond motifs is 1. The second-order valence-corrected chi connectivity index (χ2v) is 10.3. The first-order valence-corrected chi connectivity index (χ1v) is 12.8. The Labute approximate surface area is 213 Å². The van der Waals surface area contributed by atoms with Gasteiger partial charge in [0.25, 0.3) is 0 Å². The standard InChI is InChI=1S/C31H35NO4/c1-19-12-13-32(17-19)21(3)18-35-27-10-8-23(9-11-27)31-29(24-6-5-7-25(33)15-24)22(4)28-16-26(34)14-20(2)30(28)36-31/h5-11,14-16,19,21,31,33-34H,12-13,17-18H2,1-4H3. The van der Waals surface area contributed by atoms with Gasteiger partial charge in [-0.05, 0) is 98.3 Å². The van der Waals surface area contributed by atoms with Crippen molar-refractivity contribution in [1.82, 2.24) is 4.90 Å². The van der Waals surface area contributed by atoms with E-state index in [1.54, 1.807) is 24.3 Å². The van der Waals surface area contributed by atoms with Crippen molar-refractivity contribution in [2.24, 2.45) is 5.92 Å². The molecule has 5 heteroatoms. The zero-order valence-electron chi connectivity index (χ0n) is 21.5. The summed E-state index contributed by atoms with van der Waals surface area (Å²) < 4.78 is 12.7. The molecule has 1 fully saturated rings. The van der Waals surface area contributed by atoms with E-state index in [9.17, 15) is 10.2 Å². The van der Waals surface area contributed by atoms with Crippen LogP contribution in [0.3, 0.4) is 0 Å². The van der Waals surface area contributed by atoms with Crippen molar-refractivity contribution in [3.8, 4) is 23.0 Å². The molecule has 3 unspecified atom stereocenters. The van der Waals surface area contributed by atoms with Gasteiger partial charge in [0.1, 0.15) is 35.7 Å². The van der Waals surface area contributed by atoms with E-state index in [2.05, 4.69) is 30.9 Å². The molecule has 188 valence electrons. The normalized spacial score (nSPS) is 20.7. The van der Waals surface area contributed by atoms with E-state index in [1.807, 2.05) is 38.1 Å². The van der Waals surface area contributed by atoms with E-state index in [4.69, 9.17) is 9.47 Å². The van der Waals surface area contributed by atoms with Gasteiger partial charge in [0.05, 0.1) is 0 Å². The maximum atomic E-state index is 10.2. The topological polar surface area (TPSA) is 62.2 Å². The predicted molar refractivity (Wildman–Crippen MR) is 144 cm³/mol. The summed E-state index contributed by atoms with van der Waals surface area (Å²) in [6.45, 7) is 11.5. The smallest absolute Gasteiger partial charge is 0.150 e. The predicted octanol–water partition coefficient (Wildman–Crippen LogP) is 6.58. The molecule has 0 aromatic heterocycles. The fraction of sp³-hybridized carbons (Fsp3) is 0.355. The highest BCUT2D eigenvalue weighted by Gasteiger charge is 2.31. The molecule has 36 heavy (non-hydrogen) atoms. The molecule has 0 radical (unpaired) electrons. The van der Waals surface area contributed by atoms with Gasteiger partial charge in [-0.3, -0.25) is 4.90 Å². The summed E-state index contributed by atoms with van der Waals surface area (Å²) in [5.41, 5.74) is 5.62. The highest BCUT2D eigenvalue weighted by molar-refractivity contribution is 5.96. The number of hydrogen-bond donors (Lipinski definition) is 2. The number of hydrogen-bond acceptors (Lipinski definition) is 5. The minimum absolute atomic E-state index is 0.203. The molecule has 1 saturated heterocycles. The molecule has 0 aliphatic carbocycles. The summed E-state index contributed by atoms with van der Waals surface area (Å²) in [7, 11) is 0. The van der Waals surface area contributed by atoms with Crippen LogP contribution in [-0.2, 0) is 0 Å². The number of aryl methyl sites for hydroxylation is 1. The molecule has 2 heterocycles. The Kier molecular flexibility index (Phi) is 6.67. The fourth-order valence-corrected chi connectivity index (χ4v) is 5.41. The van der Waals surface area contributed by atoms with E-state index >= 15 is 0 Å². The monoisotopic (exact) mass is 485 g/mol. The molecule has 0 bridgehead atoms. The zero-order valence-corrected chi connectivity index (χ0v) is 21.5. The number of phenolic OH excluding ortho intramolecular Hbond substituents is 2. The molecule has 2 N–H and O–H groups in total. The van der Waals surface area contributed by atoms with E-state index in [0.717, 1.165) is 63.9 Å². The molecule has 0 amide bonds. The van der Waals surface area contributed by atoms with Crippen LogP contribution in [0.4, 0.5) is 0 Å². The maximum Gasteiger partial charge on any atom is 0.150 e. The van der Waals surface area contributed by atoms with Crippen LogP contribution in [-0.4, -0.2) is 40.9 Å². The maximum absolute atomic E-state index is 10.2. The number of aromatic hydroxyl groups is 2. The zero-order chi connectivity index (χ0) is 25.4. The number of phenols is 2. The summed E-state index contributed by atoms with van der Waals surface area (Å²) in [6.07, 6.45) is 0.901. The Hall–Kier alpha value is -3.44. The van der Waals surface area contributed by atoms with Crippen molar-refractivity contribution in [3.63, 3.8) is 0 Å². The Bertz CT molecular complexity index is 1280. The van der Waals surface area contributed by atoms with Crippen LogP contribution in [0.25, 0.3) is 11.1 Å². The lowest BCUT2D eigenvalue weighted by Gasteiger charge is -2.32. The SMILES string of the molecule is CC1=C(c2cccc(O)c2)C(c2ccc(OCC(C)N3CCC(C)C3)cc2)Oc2c(C)cc(O)cc21. The number of ether oxygens (including phenoxy) is 2. The van der Waals surface area contributed by atoms with Gasteiger partial charge >= 0.3 is 0 Å². The molecule has 5 nitrogen and oxygen atoms in total. The first-order valence-electron chi connectivity index (χ1n) is 12.8. The van der Waals surface area contributed by atoms with Crippen LogP contribution in [0.5, 0.6) is 23.0 Å². The molecule has 0 spiro atoms.